The van der Waals surface area contributed by atoms with Crippen LogP contribution >= 0.6 is 0 Å². The van der Waals surface area contributed by atoms with Gasteiger partial charge in [-0.25, -0.2) is 5.48 Å². The molecule has 0 aliphatic carbocycles. The van der Waals surface area contributed by atoms with Gasteiger partial charge in [0, 0.05) is 36.1 Å². The average Bonchev–Trinajstić information content (AvgIpc) is 3.28. The van der Waals surface area contributed by atoms with E-state index in [4.69, 9.17) is 9.94 Å². The Morgan fingerprint density at radius 3 is 2.59 bits per heavy atom. The summed E-state index contributed by atoms with van der Waals surface area (Å²) in [5.74, 6) is 0.344. The van der Waals surface area contributed by atoms with Crippen molar-refractivity contribution in [3.05, 3.63) is 107 Å². The van der Waals surface area contributed by atoms with Crippen LogP contribution in [0.5, 0.6) is 5.75 Å². The Bertz CT molecular complexity index is 1230. The zero-order valence-electron chi connectivity index (χ0n) is 19.0. The van der Waals surface area contributed by atoms with Gasteiger partial charge in [-0.2, -0.15) is 0 Å². The number of aromatic amines is 1. The number of hydrogen-bond donors (Lipinski definition) is 4. The first-order valence-electron chi connectivity index (χ1n) is 11.4. The topological polar surface area (TPSA) is 86.4 Å². The SMILES string of the molecule is O=C(C=Cc1ccc(CNCCc2c[nH]c3ccc(OCCc4ccccc4)cc23)cc1)NO. The molecule has 4 rings (SSSR count). The third kappa shape index (κ3) is 6.57. The van der Waals surface area contributed by atoms with E-state index in [0.29, 0.717) is 6.61 Å². The molecule has 34 heavy (non-hydrogen) atoms. The Labute approximate surface area is 199 Å². The molecule has 0 radical (unpaired) electrons. The highest BCUT2D eigenvalue weighted by molar-refractivity contribution is 5.90. The summed E-state index contributed by atoms with van der Waals surface area (Å²) in [4.78, 5) is 14.4. The van der Waals surface area contributed by atoms with E-state index in [1.807, 2.05) is 36.4 Å². The standard InChI is InChI=1S/C28H29N3O3/c32-28(31-33)13-10-22-6-8-23(9-7-22)19-29-16-14-24-20-30-27-12-11-25(18-26(24)27)34-17-15-21-4-2-1-3-5-21/h1-13,18,20,29-30,33H,14-17,19H2,(H,31,32). The van der Waals surface area contributed by atoms with E-state index in [-0.39, 0.29) is 0 Å². The van der Waals surface area contributed by atoms with Crippen molar-refractivity contribution in [1.29, 1.82) is 0 Å². The molecule has 0 saturated heterocycles. The molecule has 4 N–H and O–H groups in total. The van der Waals surface area contributed by atoms with Gasteiger partial charge in [0.1, 0.15) is 5.75 Å². The normalized spacial score (nSPS) is 11.2. The highest BCUT2D eigenvalue weighted by atomic mass is 16.5. The number of carbonyl (C=O) groups is 1. The maximum absolute atomic E-state index is 11.1. The second-order valence-electron chi connectivity index (χ2n) is 8.08. The van der Waals surface area contributed by atoms with Gasteiger partial charge in [0.2, 0.25) is 0 Å². The first-order valence-corrected chi connectivity index (χ1v) is 11.4. The average molecular weight is 456 g/mol. The molecule has 0 unspecified atom stereocenters. The number of carbonyl (C=O) groups excluding carboxylic acids is 1. The van der Waals surface area contributed by atoms with Crippen LogP contribution in [0.4, 0.5) is 0 Å². The highest BCUT2D eigenvalue weighted by Gasteiger charge is 2.06. The number of aromatic nitrogens is 1. The second-order valence-corrected chi connectivity index (χ2v) is 8.08. The number of H-pyrrole nitrogens is 1. The van der Waals surface area contributed by atoms with E-state index in [0.717, 1.165) is 48.3 Å². The van der Waals surface area contributed by atoms with Gasteiger partial charge in [-0.15, -0.1) is 0 Å². The monoisotopic (exact) mass is 455 g/mol. The molecule has 0 fully saturated rings. The first kappa shape index (κ1) is 23.3. The number of hydroxylamine groups is 1. The van der Waals surface area contributed by atoms with Crippen molar-refractivity contribution in [3.63, 3.8) is 0 Å². The van der Waals surface area contributed by atoms with Crippen molar-refractivity contribution < 1.29 is 14.7 Å². The minimum Gasteiger partial charge on any atom is -0.493 e. The van der Waals surface area contributed by atoms with Crippen LogP contribution in [-0.2, 0) is 24.2 Å². The van der Waals surface area contributed by atoms with Crippen LogP contribution in [0.2, 0.25) is 0 Å². The lowest BCUT2D eigenvalue weighted by Crippen LogP contribution is -2.16. The Morgan fingerprint density at radius 1 is 0.971 bits per heavy atom. The fourth-order valence-corrected chi connectivity index (χ4v) is 3.80. The molecule has 1 aromatic heterocycles. The van der Waals surface area contributed by atoms with Gasteiger partial charge in [0.25, 0.3) is 5.91 Å². The maximum Gasteiger partial charge on any atom is 0.267 e. The van der Waals surface area contributed by atoms with Gasteiger partial charge in [0.15, 0.2) is 0 Å². The van der Waals surface area contributed by atoms with E-state index in [9.17, 15) is 4.79 Å². The van der Waals surface area contributed by atoms with E-state index in [2.05, 4.69) is 52.9 Å². The summed E-state index contributed by atoms with van der Waals surface area (Å²) in [6.45, 7) is 2.27. The minimum atomic E-state index is -0.547. The summed E-state index contributed by atoms with van der Waals surface area (Å²) in [6, 6.07) is 24.5. The maximum atomic E-state index is 11.1. The molecule has 4 aromatic rings. The summed E-state index contributed by atoms with van der Waals surface area (Å²) < 4.78 is 6.00. The summed E-state index contributed by atoms with van der Waals surface area (Å²) in [6.07, 6.45) is 6.81. The minimum absolute atomic E-state index is 0.547. The smallest absolute Gasteiger partial charge is 0.267 e. The number of rotatable bonds is 11. The summed E-state index contributed by atoms with van der Waals surface area (Å²) in [5.41, 5.74) is 7.29. The molecule has 0 aliphatic heterocycles. The van der Waals surface area contributed by atoms with Crippen molar-refractivity contribution in [2.24, 2.45) is 0 Å². The van der Waals surface area contributed by atoms with Crippen LogP contribution in [0.1, 0.15) is 22.3 Å². The van der Waals surface area contributed by atoms with Crippen LogP contribution in [0, 0.1) is 0 Å². The summed E-state index contributed by atoms with van der Waals surface area (Å²) in [7, 11) is 0. The zero-order chi connectivity index (χ0) is 23.6. The van der Waals surface area contributed by atoms with Crippen LogP contribution in [0.3, 0.4) is 0 Å². The quantitative estimate of drug-likeness (QED) is 0.115. The van der Waals surface area contributed by atoms with Gasteiger partial charge >= 0.3 is 0 Å². The number of benzene rings is 3. The predicted molar refractivity (Wildman–Crippen MR) is 135 cm³/mol. The summed E-state index contributed by atoms with van der Waals surface area (Å²) >= 11 is 0. The molecule has 3 aromatic carbocycles. The number of nitrogens with one attached hydrogen (secondary N) is 3. The van der Waals surface area contributed by atoms with Crippen molar-refractivity contribution in [2.45, 2.75) is 19.4 Å². The molecule has 0 atom stereocenters. The third-order valence-corrected chi connectivity index (χ3v) is 5.66. The molecule has 0 spiro atoms. The van der Waals surface area contributed by atoms with Crippen LogP contribution in [0.25, 0.3) is 17.0 Å². The molecular formula is C28H29N3O3. The molecule has 6 heteroatoms. The van der Waals surface area contributed by atoms with Crippen molar-refractivity contribution >= 4 is 22.9 Å². The van der Waals surface area contributed by atoms with Gasteiger partial charge in [-0.1, -0.05) is 54.6 Å². The van der Waals surface area contributed by atoms with Gasteiger partial charge < -0.3 is 15.0 Å². The number of amides is 1. The molecule has 1 heterocycles. The van der Waals surface area contributed by atoms with E-state index >= 15 is 0 Å². The van der Waals surface area contributed by atoms with Crippen LogP contribution in [0.15, 0.2) is 85.1 Å². The number of hydrogen-bond acceptors (Lipinski definition) is 4. The van der Waals surface area contributed by atoms with Gasteiger partial charge in [0.05, 0.1) is 6.61 Å². The second kappa shape index (κ2) is 11.8. The number of fused-ring (bicyclic) bond motifs is 1. The Balaban J connectivity index is 1.26. The summed E-state index contributed by atoms with van der Waals surface area (Å²) in [5, 5.41) is 13.2. The highest BCUT2D eigenvalue weighted by Crippen LogP contribution is 2.24. The molecular weight excluding hydrogens is 426 g/mol. The molecule has 1 amide bonds. The molecule has 6 nitrogen and oxygen atoms in total. The Morgan fingerprint density at radius 2 is 1.79 bits per heavy atom. The van der Waals surface area contributed by atoms with Crippen molar-refractivity contribution in [2.75, 3.05) is 13.2 Å². The lowest BCUT2D eigenvalue weighted by Gasteiger charge is -2.08. The molecule has 0 aliphatic rings. The van der Waals surface area contributed by atoms with E-state index in [1.165, 1.54) is 22.6 Å². The lowest BCUT2D eigenvalue weighted by atomic mass is 10.1. The largest absolute Gasteiger partial charge is 0.493 e. The third-order valence-electron chi connectivity index (χ3n) is 5.66. The van der Waals surface area contributed by atoms with Crippen molar-refractivity contribution in [3.8, 4) is 5.75 Å². The Hall–Kier alpha value is -3.87. The predicted octanol–water partition coefficient (Wildman–Crippen LogP) is 4.64. The van der Waals surface area contributed by atoms with E-state index < -0.39 is 5.91 Å². The molecule has 0 saturated carbocycles. The Kier molecular flexibility index (Phi) is 8.11. The van der Waals surface area contributed by atoms with Crippen LogP contribution in [-0.4, -0.2) is 29.3 Å². The van der Waals surface area contributed by atoms with Gasteiger partial charge in [-0.3, -0.25) is 10.0 Å². The zero-order valence-corrected chi connectivity index (χ0v) is 19.0. The van der Waals surface area contributed by atoms with E-state index in [1.54, 1.807) is 11.6 Å². The number of ether oxygens (including phenoxy) is 1. The lowest BCUT2D eigenvalue weighted by molar-refractivity contribution is -0.124. The molecule has 0 bridgehead atoms. The fraction of sp³-hybridized carbons (Fsp3) is 0.179. The fourth-order valence-electron chi connectivity index (χ4n) is 3.80. The first-order chi connectivity index (χ1) is 16.7. The molecule has 174 valence electrons. The van der Waals surface area contributed by atoms with Crippen LogP contribution < -0.4 is 15.5 Å². The van der Waals surface area contributed by atoms with Crippen molar-refractivity contribution in [1.82, 2.24) is 15.8 Å². The van der Waals surface area contributed by atoms with Gasteiger partial charge in [-0.05, 0) is 59.5 Å².